The standard InChI is InChI=1S/C13H13N3O3/c1-16-11(6-7-15-16)8-14-12(17)9-2-4-10(5-3-9)13(18)19/h2-7H,8H2,1H3,(H,14,17)(H,18,19). The molecule has 0 saturated heterocycles. The van der Waals surface area contributed by atoms with Crippen molar-refractivity contribution in [2.75, 3.05) is 0 Å². The number of hydrogen-bond acceptors (Lipinski definition) is 3. The molecule has 0 spiro atoms. The third-order valence-electron chi connectivity index (χ3n) is 2.75. The summed E-state index contributed by atoms with van der Waals surface area (Å²) in [6.07, 6.45) is 1.66. The third-order valence-corrected chi connectivity index (χ3v) is 2.75. The Morgan fingerprint density at radius 2 is 1.84 bits per heavy atom. The molecule has 0 aliphatic heterocycles. The molecule has 2 N–H and O–H groups in total. The van der Waals surface area contributed by atoms with Gasteiger partial charge in [0.2, 0.25) is 0 Å². The quantitative estimate of drug-likeness (QED) is 0.859. The second-order valence-electron chi connectivity index (χ2n) is 4.01. The van der Waals surface area contributed by atoms with E-state index in [1.165, 1.54) is 24.3 Å². The van der Waals surface area contributed by atoms with Gasteiger partial charge in [-0.05, 0) is 30.3 Å². The van der Waals surface area contributed by atoms with Gasteiger partial charge in [-0.25, -0.2) is 4.79 Å². The summed E-state index contributed by atoms with van der Waals surface area (Å²) in [4.78, 5) is 22.5. The van der Waals surface area contributed by atoms with Crippen molar-refractivity contribution in [3.63, 3.8) is 0 Å². The van der Waals surface area contributed by atoms with Crippen LogP contribution in [0.3, 0.4) is 0 Å². The summed E-state index contributed by atoms with van der Waals surface area (Å²) in [6, 6.07) is 7.60. The predicted octanol–water partition coefficient (Wildman–Crippen LogP) is 1.05. The van der Waals surface area contributed by atoms with Gasteiger partial charge < -0.3 is 10.4 Å². The van der Waals surface area contributed by atoms with Gasteiger partial charge in [-0.15, -0.1) is 0 Å². The SMILES string of the molecule is Cn1nccc1CNC(=O)c1ccc(C(=O)O)cc1. The highest BCUT2D eigenvalue weighted by atomic mass is 16.4. The van der Waals surface area contributed by atoms with Crippen molar-refractivity contribution >= 4 is 11.9 Å². The molecule has 0 atom stereocenters. The molecule has 0 radical (unpaired) electrons. The number of carbonyl (C=O) groups excluding carboxylic acids is 1. The largest absolute Gasteiger partial charge is 0.478 e. The Hall–Kier alpha value is -2.63. The maximum atomic E-state index is 11.8. The molecule has 1 heterocycles. The molecular formula is C13H13N3O3. The van der Waals surface area contributed by atoms with Crippen molar-refractivity contribution in [3.05, 3.63) is 53.3 Å². The van der Waals surface area contributed by atoms with Gasteiger partial charge in [-0.1, -0.05) is 0 Å². The van der Waals surface area contributed by atoms with E-state index in [-0.39, 0.29) is 11.5 Å². The normalized spacial score (nSPS) is 10.2. The second kappa shape index (κ2) is 5.34. The predicted molar refractivity (Wildman–Crippen MR) is 67.8 cm³/mol. The lowest BCUT2D eigenvalue weighted by molar-refractivity contribution is 0.0696. The summed E-state index contributed by atoms with van der Waals surface area (Å²) in [5.74, 6) is -1.26. The average molecular weight is 259 g/mol. The summed E-state index contributed by atoms with van der Waals surface area (Å²) < 4.78 is 1.67. The van der Waals surface area contributed by atoms with Gasteiger partial charge in [0.25, 0.3) is 5.91 Å². The first kappa shape index (κ1) is 12.8. The van der Waals surface area contributed by atoms with Crippen molar-refractivity contribution < 1.29 is 14.7 Å². The van der Waals surface area contributed by atoms with Crippen LogP contribution >= 0.6 is 0 Å². The van der Waals surface area contributed by atoms with Gasteiger partial charge in [0.15, 0.2) is 0 Å². The lowest BCUT2D eigenvalue weighted by Crippen LogP contribution is -2.24. The van der Waals surface area contributed by atoms with Crippen LogP contribution in [-0.2, 0) is 13.6 Å². The molecule has 98 valence electrons. The van der Waals surface area contributed by atoms with Crippen LogP contribution < -0.4 is 5.32 Å². The zero-order chi connectivity index (χ0) is 13.8. The summed E-state index contributed by atoms with van der Waals surface area (Å²) in [6.45, 7) is 0.371. The lowest BCUT2D eigenvalue weighted by Gasteiger charge is -2.05. The molecule has 0 aliphatic carbocycles. The van der Waals surface area contributed by atoms with E-state index in [0.29, 0.717) is 12.1 Å². The van der Waals surface area contributed by atoms with Crippen molar-refractivity contribution in [1.29, 1.82) is 0 Å². The fraction of sp³-hybridized carbons (Fsp3) is 0.154. The van der Waals surface area contributed by atoms with Crippen LogP contribution in [0.4, 0.5) is 0 Å². The first-order valence-corrected chi connectivity index (χ1v) is 5.66. The molecule has 1 aromatic heterocycles. The van der Waals surface area contributed by atoms with Gasteiger partial charge in [0.05, 0.1) is 17.8 Å². The Morgan fingerprint density at radius 3 is 2.37 bits per heavy atom. The number of aromatic nitrogens is 2. The number of carboxylic acids is 1. The fourth-order valence-corrected chi connectivity index (χ4v) is 1.61. The van der Waals surface area contributed by atoms with Crippen molar-refractivity contribution in [2.24, 2.45) is 7.05 Å². The first-order chi connectivity index (χ1) is 9.08. The van der Waals surface area contributed by atoms with E-state index < -0.39 is 5.97 Å². The Morgan fingerprint density at radius 1 is 1.21 bits per heavy atom. The number of nitrogens with one attached hydrogen (secondary N) is 1. The van der Waals surface area contributed by atoms with E-state index in [1.54, 1.807) is 17.9 Å². The van der Waals surface area contributed by atoms with Crippen molar-refractivity contribution in [2.45, 2.75) is 6.54 Å². The van der Waals surface area contributed by atoms with Crippen LogP contribution in [-0.4, -0.2) is 26.8 Å². The molecule has 19 heavy (non-hydrogen) atoms. The Bertz CT molecular complexity index is 602. The van der Waals surface area contributed by atoms with E-state index >= 15 is 0 Å². The van der Waals surface area contributed by atoms with Crippen LogP contribution in [0.5, 0.6) is 0 Å². The lowest BCUT2D eigenvalue weighted by atomic mass is 10.1. The van der Waals surface area contributed by atoms with E-state index in [2.05, 4.69) is 10.4 Å². The maximum Gasteiger partial charge on any atom is 0.335 e. The minimum atomic E-state index is -1.01. The molecule has 2 aromatic rings. The van der Waals surface area contributed by atoms with Gasteiger partial charge in [0, 0.05) is 18.8 Å². The number of nitrogens with zero attached hydrogens (tertiary/aromatic N) is 2. The van der Waals surface area contributed by atoms with E-state index in [1.807, 2.05) is 6.07 Å². The molecular weight excluding hydrogens is 246 g/mol. The molecule has 0 aliphatic rings. The molecule has 6 nitrogen and oxygen atoms in total. The summed E-state index contributed by atoms with van der Waals surface area (Å²) in [7, 11) is 1.79. The molecule has 0 unspecified atom stereocenters. The number of aromatic carboxylic acids is 1. The van der Waals surface area contributed by atoms with E-state index in [9.17, 15) is 9.59 Å². The topological polar surface area (TPSA) is 84.2 Å². The zero-order valence-corrected chi connectivity index (χ0v) is 10.3. The summed E-state index contributed by atoms with van der Waals surface area (Å²) >= 11 is 0. The number of hydrogen-bond donors (Lipinski definition) is 2. The second-order valence-corrected chi connectivity index (χ2v) is 4.01. The minimum Gasteiger partial charge on any atom is -0.478 e. The molecule has 0 fully saturated rings. The zero-order valence-electron chi connectivity index (χ0n) is 10.3. The number of benzene rings is 1. The van der Waals surface area contributed by atoms with Crippen molar-refractivity contribution in [1.82, 2.24) is 15.1 Å². The number of carboxylic acid groups (broad SMARTS) is 1. The molecule has 1 amide bonds. The van der Waals surface area contributed by atoms with Gasteiger partial charge in [-0.3, -0.25) is 9.48 Å². The fourth-order valence-electron chi connectivity index (χ4n) is 1.61. The average Bonchev–Trinajstić information content (AvgIpc) is 2.81. The van der Waals surface area contributed by atoms with Crippen LogP contribution in [0, 0.1) is 0 Å². The highest BCUT2D eigenvalue weighted by Crippen LogP contribution is 2.05. The summed E-state index contributed by atoms with van der Waals surface area (Å²) in [5, 5.41) is 15.5. The molecule has 0 bridgehead atoms. The number of aryl methyl sites for hydroxylation is 1. The van der Waals surface area contributed by atoms with Crippen LogP contribution in [0.15, 0.2) is 36.5 Å². The number of amides is 1. The maximum absolute atomic E-state index is 11.8. The number of carbonyl (C=O) groups is 2. The summed E-state index contributed by atoms with van der Waals surface area (Å²) in [5.41, 5.74) is 1.46. The van der Waals surface area contributed by atoms with Crippen LogP contribution in [0.25, 0.3) is 0 Å². The van der Waals surface area contributed by atoms with Crippen LogP contribution in [0.1, 0.15) is 26.4 Å². The van der Waals surface area contributed by atoms with Gasteiger partial charge >= 0.3 is 5.97 Å². The first-order valence-electron chi connectivity index (χ1n) is 5.66. The Kier molecular flexibility index (Phi) is 3.61. The Labute approximate surface area is 109 Å². The van der Waals surface area contributed by atoms with Crippen molar-refractivity contribution in [3.8, 4) is 0 Å². The van der Waals surface area contributed by atoms with Gasteiger partial charge in [0.1, 0.15) is 0 Å². The molecule has 6 heteroatoms. The Balaban J connectivity index is 2.00. The minimum absolute atomic E-state index is 0.156. The van der Waals surface area contributed by atoms with E-state index in [4.69, 9.17) is 5.11 Å². The number of rotatable bonds is 4. The smallest absolute Gasteiger partial charge is 0.335 e. The highest BCUT2D eigenvalue weighted by Gasteiger charge is 2.08. The highest BCUT2D eigenvalue weighted by molar-refractivity contribution is 5.95. The van der Waals surface area contributed by atoms with E-state index in [0.717, 1.165) is 5.69 Å². The molecule has 0 saturated carbocycles. The molecule has 1 aromatic carbocycles. The molecule has 2 rings (SSSR count). The monoisotopic (exact) mass is 259 g/mol. The third kappa shape index (κ3) is 2.98. The van der Waals surface area contributed by atoms with Gasteiger partial charge in [-0.2, -0.15) is 5.10 Å². The van der Waals surface area contributed by atoms with Crippen LogP contribution in [0.2, 0.25) is 0 Å².